The molecule has 1 aliphatic rings. The Labute approximate surface area is 93.1 Å². The van der Waals surface area contributed by atoms with E-state index in [9.17, 15) is 0 Å². The monoisotopic (exact) mass is 206 g/mol. The summed E-state index contributed by atoms with van der Waals surface area (Å²) in [6, 6.07) is 6.60. The molecular weight excluding hydrogens is 184 g/mol. The van der Waals surface area contributed by atoms with Crippen molar-refractivity contribution in [1.29, 1.82) is 0 Å². The number of unbranched alkanes of at least 4 members (excludes halogenated alkanes) is 1. The molecule has 2 heterocycles. The molecule has 15 heavy (non-hydrogen) atoms. The molecule has 1 saturated heterocycles. The van der Waals surface area contributed by atoms with Crippen LogP contribution in [0.2, 0.25) is 0 Å². The van der Waals surface area contributed by atoms with Crippen LogP contribution in [0.3, 0.4) is 0 Å². The smallest absolute Gasteiger partial charge is 0.0573 e. The molecular formula is C13H22N2. The van der Waals surface area contributed by atoms with Crippen LogP contribution >= 0.6 is 0 Å². The lowest BCUT2D eigenvalue weighted by molar-refractivity contribution is 0.628. The van der Waals surface area contributed by atoms with Gasteiger partial charge in [0.1, 0.15) is 0 Å². The van der Waals surface area contributed by atoms with Crippen LogP contribution in [-0.4, -0.2) is 11.5 Å². The van der Waals surface area contributed by atoms with Crippen molar-refractivity contribution in [2.45, 2.75) is 45.6 Å². The van der Waals surface area contributed by atoms with Crippen molar-refractivity contribution in [3.8, 4) is 0 Å². The maximum atomic E-state index is 4.30. The average Bonchev–Trinajstić information content (AvgIpc) is 2.84. The number of pyridine rings is 1. The number of nitrogens with zero attached hydrogens (tertiary/aromatic N) is 1. The van der Waals surface area contributed by atoms with Gasteiger partial charge in [0.15, 0.2) is 0 Å². The van der Waals surface area contributed by atoms with Gasteiger partial charge in [-0.15, -0.1) is 0 Å². The second-order valence-electron chi connectivity index (χ2n) is 3.90. The van der Waals surface area contributed by atoms with Gasteiger partial charge in [0, 0.05) is 12.2 Å². The van der Waals surface area contributed by atoms with Crippen molar-refractivity contribution in [1.82, 2.24) is 10.3 Å². The molecule has 2 heteroatoms. The average molecular weight is 206 g/mol. The zero-order chi connectivity index (χ0) is 10.9. The Balaban J connectivity index is 0.000000245. The normalized spacial score (nSPS) is 19.5. The summed E-state index contributed by atoms with van der Waals surface area (Å²) in [6.45, 7) is 5.50. The Morgan fingerprint density at radius 1 is 1.33 bits per heavy atom. The van der Waals surface area contributed by atoms with Crippen molar-refractivity contribution in [2.75, 3.05) is 6.54 Å². The highest BCUT2D eigenvalue weighted by molar-refractivity contribution is 5.09. The van der Waals surface area contributed by atoms with Crippen LogP contribution in [0.25, 0.3) is 0 Å². The van der Waals surface area contributed by atoms with E-state index in [0.29, 0.717) is 6.04 Å². The lowest BCUT2D eigenvalue weighted by Gasteiger charge is -2.07. The van der Waals surface area contributed by atoms with Gasteiger partial charge in [0.05, 0.1) is 5.69 Å². The van der Waals surface area contributed by atoms with Gasteiger partial charge in [-0.3, -0.25) is 4.98 Å². The molecule has 0 bridgehead atoms. The summed E-state index contributed by atoms with van der Waals surface area (Å²) in [7, 11) is 0. The fourth-order valence-electron chi connectivity index (χ4n) is 1.52. The fourth-order valence-corrected chi connectivity index (χ4v) is 1.52. The topological polar surface area (TPSA) is 24.9 Å². The largest absolute Gasteiger partial charge is 0.309 e. The van der Waals surface area contributed by atoms with E-state index in [1.54, 1.807) is 0 Å². The van der Waals surface area contributed by atoms with E-state index >= 15 is 0 Å². The molecule has 0 radical (unpaired) electrons. The van der Waals surface area contributed by atoms with Crippen molar-refractivity contribution >= 4 is 0 Å². The molecule has 1 atom stereocenters. The van der Waals surface area contributed by atoms with Crippen LogP contribution in [0, 0.1) is 0 Å². The summed E-state index contributed by atoms with van der Waals surface area (Å²) in [5, 5.41) is 3.41. The fraction of sp³-hybridized carbons (Fsp3) is 0.615. The summed E-state index contributed by atoms with van der Waals surface area (Å²) in [5.41, 5.74) is 1.19. The molecule has 1 unspecified atom stereocenters. The zero-order valence-electron chi connectivity index (χ0n) is 9.87. The van der Waals surface area contributed by atoms with E-state index in [4.69, 9.17) is 0 Å². The van der Waals surface area contributed by atoms with E-state index in [0.717, 1.165) is 6.54 Å². The zero-order valence-corrected chi connectivity index (χ0v) is 9.87. The van der Waals surface area contributed by atoms with E-state index in [1.807, 2.05) is 18.3 Å². The van der Waals surface area contributed by atoms with Gasteiger partial charge in [-0.05, 0) is 31.5 Å². The predicted octanol–water partition coefficient (Wildman–Crippen LogP) is 3.31. The van der Waals surface area contributed by atoms with E-state index < -0.39 is 0 Å². The molecule has 0 aliphatic carbocycles. The second kappa shape index (κ2) is 7.41. The number of nitrogens with one attached hydrogen (secondary N) is 1. The molecule has 0 saturated carbocycles. The summed E-state index contributed by atoms with van der Waals surface area (Å²) >= 11 is 0. The quantitative estimate of drug-likeness (QED) is 0.803. The van der Waals surface area contributed by atoms with Gasteiger partial charge in [-0.25, -0.2) is 0 Å². The van der Waals surface area contributed by atoms with E-state index in [1.165, 1.54) is 31.4 Å². The lowest BCUT2D eigenvalue weighted by Crippen LogP contribution is -2.13. The molecule has 1 aromatic rings. The highest BCUT2D eigenvalue weighted by Crippen LogP contribution is 2.19. The SMILES string of the molecule is CCCC.c1ccc(C2CCCN2)nc1. The third kappa shape index (κ3) is 4.43. The summed E-state index contributed by atoms with van der Waals surface area (Å²) in [6.07, 6.45) is 7.01. The summed E-state index contributed by atoms with van der Waals surface area (Å²) in [5.74, 6) is 0. The molecule has 0 aromatic carbocycles. The van der Waals surface area contributed by atoms with Crippen LogP contribution in [0.5, 0.6) is 0 Å². The molecule has 1 aromatic heterocycles. The minimum Gasteiger partial charge on any atom is -0.309 e. The molecule has 2 rings (SSSR count). The highest BCUT2D eigenvalue weighted by atomic mass is 15.0. The molecule has 1 aliphatic heterocycles. The van der Waals surface area contributed by atoms with Crippen molar-refractivity contribution in [3.63, 3.8) is 0 Å². The Kier molecular flexibility index (Phi) is 6.02. The highest BCUT2D eigenvalue weighted by Gasteiger charge is 2.15. The molecule has 1 N–H and O–H groups in total. The summed E-state index contributed by atoms with van der Waals surface area (Å²) in [4.78, 5) is 4.30. The Morgan fingerprint density at radius 3 is 2.60 bits per heavy atom. The van der Waals surface area contributed by atoms with Crippen LogP contribution in [-0.2, 0) is 0 Å². The first-order valence-corrected chi connectivity index (χ1v) is 6.02. The van der Waals surface area contributed by atoms with Crippen molar-refractivity contribution in [3.05, 3.63) is 30.1 Å². The minimum atomic E-state index is 0.510. The molecule has 1 fully saturated rings. The van der Waals surface area contributed by atoms with Crippen LogP contribution in [0.4, 0.5) is 0 Å². The maximum Gasteiger partial charge on any atom is 0.0573 e. The van der Waals surface area contributed by atoms with Crippen molar-refractivity contribution < 1.29 is 0 Å². The van der Waals surface area contributed by atoms with Gasteiger partial charge < -0.3 is 5.32 Å². The first kappa shape index (κ1) is 12.2. The van der Waals surface area contributed by atoms with Gasteiger partial charge in [-0.1, -0.05) is 32.8 Å². The van der Waals surface area contributed by atoms with Gasteiger partial charge >= 0.3 is 0 Å². The first-order chi connectivity index (χ1) is 7.38. The van der Waals surface area contributed by atoms with Crippen molar-refractivity contribution in [2.24, 2.45) is 0 Å². The second-order valence-corrected chi connectivity index (χ2v) is 3.90. The van der Waals surface area contributed by atoms with Gasteiger partial charge in [-0.2, -0.15) is 0 Å². The number of hydrogen-bond donors (Lipinski definition) is 1. The molecule has 0 amide bonds. The molecule has 0 spiro atoms. The minimum absolute atomic E-state index is 0.510. The molecule has 2 nitrogen and oxygen atoms in total. The van der Waals surface area contributed by atoms with Crippen LogP contribution < -0.4 is 5.32 Å². The molecule has 84 valence electrons. The predicted molar refractivity (Wildman–Crippen MR) is 64.8 cm³/mol. The van der Waals surface area contributed by atoms with E-state index in [2.05, 4.69) is 30.2 Å². The Morgan fingerprint density at radius 2 is 2.13 bits per heavy atom. The number of rotatable bonds is 2. The Bertz CT molecular complexity index is 238. The van der Waals surface area contributed by atoms with Gasteiger partial charge in [0.2, 0.25) is 0 Å². The standard InChI is InChI=1S/C9H12N2.C4H10/c1-2-6-10-8(4-1)9-5-3-7-11-9;1-3-4-2/h1-2,4,6,9,11H,3,5,7H2;3-4H2,1-2H3. The summed E-state index contributed by atoms with van der Waals surface area (Å²) < 4.78 is 0. The van der Waals surface area contributed by atoms with Crippen LogP contribution in [0.15, 0.2) is 24.4 Å². The third-order valence-corrected chi connectivity index (χ3v) is 2.61. The number of aromatic nitrogens is 1. The Hall–Kier alpha value is -0.890. The van der Waals surface area contributed by atoms with Crippen LogP contribution in [0.1, 0.15) is 51.3 Å². The lowest BCUT2D eigenvalue weighted by atomic mass is 10.1. The maximum absolute atomic E-state index is 4.30. The van der Waals surface area contributed by atoms with Gasteiger partial charge in [0.25, 0.3) is 0 Å². The first-order valence-electron chi connectivity index (χ1n) is 6.02. The third-order valence-electron chi connectivity index (χ3n) is 2.61. The van der Waals surface area contributed by atoms with E-state index in [-0.39, 0.29) is 0 Å². The number of hydrogen-bond acceptors (Lipinski definition) is 2.